The monoisotopic (exact) mass is 363 g/mol. The fourth-order valence-electron chi connectivity index (χ4n) is 1.62. The highest BCUT2D eigenvalue weighted by molar-refractivity contribution is 9.10. The number of nitrogens with one attached hydrogen (secondary N) is 1. The number of nitrogens with zero attached hydrogens (tertiary/aromatic N) is 2. The quantitative estimate of drug-likeness (QED) is 0.717. The van der Waals surface area contributed by atoms with Crippen molar-refractivity contribution in [2.45, 2.75) is 24.5 Å². The number of aromatic nitrogens is 2. The lowest BCUT2D eigenvalue weighted by Gasteiger charge is -2.05. The molecule has 0 radical (unpaired) electrons. The van der Waals surface area contributed by atoms with Crippen molar-refractivity contribution in [3.8, 4) is 0 Å². The van der Waals surface area contributed by atoms with Crippen LogP contribution in [0.2, 0.25) is 0 Å². The molecule has 2 aromatic rings. The molecule has 2 aromatic heterocycles. The van der Waals surface area contributed by atoms with Gasteiger partial charge in [0.1, 0.15) is 17.3 Å². The molecule has 0 saturated heterocycles. The Kier molecular flexibility index (Phi) is 4.97. The van der Waals surface area contributed by atoms with Crippen LogP contribution in [0.15, 0.2) is 38.8 Å². The molecule has 0 aromatic carbocycles. The van der Waals surface area contributed by atoms with E-state index in [4.69, 9.17) is 9.52 Å². The summed E-state index contributed by atoms with van der Waals surface area (Å²) in [7, 11) is -3.65. The van der Waals surface area contributed by atoms with Gasteiger partial charge in [-0.1, -0.05) is 0 Å². The summed E-state index contributed by atoms with van der Waals surface area (Å²) in [5.41, 5.74) is 0. The lowest BCUT2D eigenvalue weighted by molar-refractivity contribution is 0.245. The van der Waals surface area contributed by atoms with Gasteiger partial charge in [0.15, 0.2) is 4.67 Å². The summed E-state index contributed by atoms with van der Waals surface area (Å²) in [6.45, 7) is 0.623. The van der Waals surface area contributed by atoms with Crippen molar-refractivity contribution in [2.75, 3.05) is 6.54 Å². The molecule has 0 unspecified atom stereocenters. The van der Waals surface area contributed by atoms with E-state index in [9.17, 15) is 8.42 Å². The fraction of sp³-hybridized carbons (Fsp3) is 0.364. The number of imidazole rings is 1. The average molecular weight is 364 g/mol. The van der Waals surface area contributed by atoms with Crippen molar-refractivity contribution in [3.05, 3.63) is 35.2 Å². The maximum absolute atomic E-state index is 12.0. The Morgan fingerprint density at radius 2 is 2.30 bits per heavy atom. The summed E-state index contributed by atoms with van der Waals surface area (Å²) >= 11 is 3.02. The first-order valence-corrected chi connectivity index (χ1v) is 8.15. The maximum atomic E-state index is 12.0. The summed E-state index contributed by atoms with van der Waals surface area (Å²) in [6, 6.07) is 1.29. The fourth-order valence-corrected chi connectivity index (χ4v) is 3.69. The van der Waals surface area contributed by atoms with Crippen LogP contribution < -0.4 is 4.72 Å². The molecule has 2 rings (SSSR count). The highest BCUT2D eigenvalue weighted by atomic mass is 79.9. The zero-order valence-corrected chi connectivity index (χ0v) is 12.9. The van der Waals surface area contributed by atoms with Gasteiger partial charge in [0.05, 0.1) is 6.33 Å². The minimum atomic E-state index is -3.65. The van der Waals surface area contributed by atoms with Gasteiger partial charge in [-0.25, -0.2) is 18.1 Å². The zero-order valence-electron chi connectivity index (χ0n) is 10.5. The van der Waals surface area contributed by atoms with E-state index >= 15 is 0 Å². The van der Waals surface area contributed by atoms with E-state index in [2.05, 4.69) is 25.6 Å². The van der Waals surface area contributed by atoms with Gasteiger partial charge in [0, 0.05) is 31.5 Å². The molecule has 0 atom stereocenters. The van der Waals surface area contributed by atoms with Crippen LogP contribution in [-0.4, -0.2) is 29.6 Å². The van der Waals surface area contributed by atoms with Gasteiger partial charge in [-0.15, -0.1) is 0 Å². The van der Waals surface area contributed by atoms with Crippen LogP contribution in [0.4, 0.5) is 0 Å². The Morgan fingerprint density at radius 1 is 1.50 bits per heavy atom. The van der Waals surface area contributed by atoms with Crippen molar-refractivity contribution < 1.29 is 17.9 Å². The minimum absolute atomic E-state index is 0.0100. The molecule has 0 aliphatic carbocycles. The second-order valence-corrected chi connectivity index (χ2v) is 6.52. The highest BCUT2D eigenvalue weighted by Gasteiger charge is 2.21. The third-order valence-corrected chi connectivity index (χ3v) is 4.91. The van der Waals surface area contributed by atoms with Crippen LogP contribution in [0.3, 0.4) is 0 Å². The third kappa shape index (κ3) is 3.69. The molecule has 0 saturated carbocycles. The first-order valence-electron chi connectivity index (χ1n) is 5.87. The zero-order chi connectivity index (χ0) is 14.6. The van der Waals surface area contributed by atoms with Crippen LogP contribution >= 0.6 is 15.9 Å². The molecule has 0 amide bonds. The predicted octanol–water partition coefficient (Wildman–Crippen LogP) is 1.10. The van der Waals surface area contributed by atoms with Gasteiger partial charge in [-0.05, 0) is 22.4 Å². The number of aliphatic hydroxyl groups excluding tert-OH is 1. The number of furan rings is 1. The van der Waals surface area contributed by atoms with Gasteiger partial charge < -0.3 is 14.1 Å². The van der Waals surface area contributed by atoms with Crippen molar-refractivity contribution in [2.24, 2.45) is 0 Å². The highest BCUT2D eigenvalue weighted by Crippen LogP contribution is 2.25. The lowest BCUT2D eigenvalue weighted by atomic mass is 10.4. The Morgan fingerprint density at radius 3 is 2.90 bits per heavy atom. The van der Waals surface area contributed by atoms with E-state index in [1.54, 1.807) is 12.5 Å². The molecule has 20 heavy (non-hydrogen) atoms. The van der Waals surface area contributed by atoms with Crippen molar-refractivity contribution in [1.29, 1.82) is 0 Å². The predicted molar refractivity (Wildman–Crippen MR) is 74.4 cm³/mol. The van der Waals surface area contributed by atoms with Crippen molar-refractivity contribution in [1.82, 2.24) is 14.3 Å². The summed E-state index contributed by atoms with van der Waals surface area (Å²) in [5.74, 6) is 0.190. The van der Waals surface area contributed by atoms with E-state index < -0.39 is 10.0 Å². The minimum Gasteiger partial charge on any atom is -0.450 e. The smallest absolute Gasteiger partial charge is 0.244 e. The van der Waals surface area contributed by atoms with Crippen LogP contribution in [0.1, 0.15) is 12.2 Å². The number of hydrogen-bond acceptors (Lipinski definition) is 5. The second kappa shape index (κ2) is 6.53. The van der Waals surface area contributed by atoms with Gasteiger partial charge in [-0.3, -0.25) is 0 Å². The Balaban J connectivity index is 1.91. The summed E-state index contributed by atoms with van der Waals surface area (Å²) in [6.07, 6.45) is 5.80. The van der Waals surface area contributed by atoms with Crippen LogP contribution in [0, 0.1) is 0 Å². The van der Waals surface area contributed by atoms with E-state index in [0.29, 0.717) is 19.5 Å². The Labute approximate surface area is 124 Å². The van der Waals surface area contributed by atoms with Gasteiger partial charge in [-0.2, -0.15) is 0 Å². The SMILES string of the molecule is O=S(=O)(NCCCn1ccnc1)c1cc(CO)oc1Br. The molecule has 7 nitrogen and oxygen atoms in total. The standard InChI is InChI=1S/C11H14BrN3O4S/c12-11-10(6-9(7-16)19-11)20(17,18)14-2-1-4-15-5-3-13-8-15/h3,5-6,8,14,16H,1-2,4,7H2. The number of rotatable bonds is 7. The first kappa shape index (κ1) is 15.2. The summed E-state index contributed by atoms with van der Waals surface area (Å²) < 4.78 is 33.6. The van der Waals surface area contributed by atoms with Crippen LogP contribution in [0.25, 0.3) is 0 Å². The third-order valence-electron chi connectivity index (χ3n) is 2.60. The number of aryl methyl sites for hydroxylation is 1. The van der Waals surface area contributed by atoms with Gasteiger partial charge in [0.25, 0.3) is 0 Å². The largest absolute Gasteiger partial charge is 0.450 e. The van der Waals surface area contributed by atoms with Gasteiger partial charge >= 0.3 is 0 Å². The van der Waals surface area contributed by atoms with Crippen LogP contribution in [0.5, 0.6) is 0 Å². The number of hydrogen-bond donors (Lipinski definition) is 2. The normalized spacial score (nSPS) is 11.9. The van der Waals surface area contributed by atoms with Crippen LogP contribution in [-0.2, 0) is 23.2 Å². The lowest BCUT2D eigenvalue weighted by Crippen LogP contribution is -2.25. The molecule has 2 N–H and O–H groups in total. The van der Waals surface area contributed by atoms with E-state index in [1.807, 2.05) is 10.8 Å². The molecule has 2 heterocycles. The molecule has 0 aliphatic heterocycles. The topological polar surface area (TPSA) is 97.4 Å². The Hall–Kier alpha value is -1.16. The molecular formula is C11H14BrN3O4S. The second-order valence-electron chi connectivity index (χ2n) is 4.06. The average Bonchev–Trinajstić information content (AvgIpc) is 3.04. The number of sulfonamides is 1. The summed E-state index contributed by atoms with van der Waals surface area (Å²) in [5, 5.41) is 8.92. The molecule has 0 aliphatic rings. The van der Waals surface area contributed by atoms with E-state index in [0.717, 1.165) is 0 Å². The van der Waals surface area contributed by atoms with E-state index in [1.165, 1.54) is 6.07 Å². The van der Waals surface area contributed by atoms with Crippen molar-refractivity contribution in [3.63, 3.8) is 0 Å². The molecule has 9 heteroatoms. The number of aliphatic hydroxyl groups is 1. The Bertz CT molecular complexity index is 651. The maximum Gasteiger partial charge on any atom is 0.244 e. The summed E-state index contributed by atoms with van der Waals surface area (Å²) in [4.78, 5) is 3.89. The molecule has 0 fully saturated rings. The molecular weight excluding hydrogens is 350 g/mol. The molecule has 110 valence electrons. The number of halogens is 1. The molecule has 0 spiro atoms. The molecule has 0 bridgehead atoms. The first-order chi connectivity index (χ1) is 9.53. The van der Waals surface area contributed by atoms with Crippen molar-refractivity contribution >= 4 is 26.0 Å². The van der Waals surface area contributed by atoms with E-state index in [-0.39, 0.29) is 21.9 Å². The van der Waals surface area contributed by atoms with Gasteiger partial charge in [0.2, 0.25) is 10.0 Å².